The number of hydrogen-bond donors (Lipinski definition) is 1. The maximum Gasteiger partial charge on any atom is 0.306 e. The van der Waals surface area contributed by atoms with Gasteiger partial charge in [-0.05, 0) is 65.8 Å². The third-order valence-electron chi connectivity index (χ3n) is 7.19. The maximum absolute atomic E-state index is 12.5. The summed E-state index contributed by atoms with van der Waals surface area (Å²) in [6.45, 7) is 3.28. The molecule has 41 heavy (non-hydrogen) atoms. The van der Waals surface area contributed by atoms with Crippen LogP contribution in [-0.4, -0.2) is 31.9 Å². The molecule has 1 N–H and O–H groups in total. The molecule has 0 unspecified atom stereocenters. The fourth-order valence-corrected chi connectivity index (χ4v) is 4.94. The number of hydrogen-bond acceptors (Lipinski definition) is 5. The van der Waals surface area contributed by atoms with Gasteiger partial charge in [0.15, 0.2) is 11.5 Å². The van der Waals surface area contributed by atoms with E-state index in [4.69, 9.17) is 18.9 Å². The van der Waals surface area contributed by atoms with Crippen molar-refractivity contribution in [2.75, 3.05) is 20.8 Å². The van der Waals surface area contributed by atoms with Crippen LogP contribution < -0.4 is 14.2 Å². The minimum atomic E-state index is -0.841. The minimum absolute atomic E-state index is 0.111. The Hall–Kier alpha value is -4.29. The van der Waals surface area contributed by atoms with Crippen molar-refractivity contribution < 1.29 is 28.8 Å². The molecule has 0 aliphatic carbocycles. The molecule has 6 heteroatoms. The molecule has 0 spiro atoms. The lowest BCUT2D eigenvalue weighted by Crippen LogP contribution is -2.22. The minimum Gasteiger partial charge on any atom is -0.496 e. The first-order valence-electron chi connectivity index (χ1n) is 13.8. The average Bonchev–Trinajstić information content (AvgIpc) is 3.00. The monoisotopic (exact) mass is 554 g/mol. The Morgan fingerprint density at radius 1 is 0.732 bits per heavy atom. The normalized spacial score (nSPS) is 12.4. The zero-order valence-electron chi connectivity index (χ0n) is 23.9. The van der Waals surface area contributed by atoms with E-state index in [1.807, 2.05) is 97.9 Å². The zero-order chi connectivity index (χ0) is 29.0. The van der Waals surface area contributed by atoms with E-state index in [0.717, 1.165) is 33.6 Å². The van der Waals surface area contributed by atoms with Crippen LogP contribution in [0.1, 0.15) is 40.2 Å². The quantitative estimate of drug-likeness (QED) is 0.167. The van der Waals surface area contributed by atoms with Gasteiger partial charge in [-0.1, -0.05) is 78.9 Å². The maximum atomic E-state index is 12.5. The molecule has 4 rings (SSSR count). The van der Waals surface area contributed by atoms with Crippen LogP contribution in [0.3, 0.4) is 0 Å². The molecule has 0 aromatic heterocycles. The molecule has 2 atom stereocenters. The highest BCUT2D eigenvalue weighted by Crippen LogP contribution is 2.33. The number of aryl methyl sites for hydroxylation is 1. The van der Waals surface area contributed by atoms with E-state index < -0.39 is 11.9 Å². The lowest BCUT2D eigenvalue weighted by molar-refractivity contribution is -0.142. The Bertz CT molecular complexity index is 1390. The van der Waals surface area contributed by atoms with E-state index in [9.17, 15) is 9.90 Å². The van der Waals surface area contributed by atoms with E-state index >= 15 is 0 Å². The van der Waals surface area contributed by atoms with Crippen LogP contribution in [0.25, 0.3) is 0 Å². The molecule has 0 aliphatic heterocycles. The lowest BCUT2D eigenvalue weighted by atomic mass is 9.85. The molecule has 0 saturated heterocycles. The molecule has 0 aliphatic rings. The van der Waals surface area contributed by atoms with Crippen LogP contribution in [0, 0.1) is 12.8 Å². The van der Waals surface area contributed by atoms with Gasteiger partial charge in [0.2, 0.25) is 0 Å². The van der Waals surface area contributed by atoms with Gasteiger partial charge in [0.1, 0.15) is 12.4 Å². The number of carboxylic acid groups (broad SMARTS) is 1. The second-order valence-electron chi connectivity index (χ2n) is 10.2. The lowest BCUT2D eigenvalue weighted by Gasteiger charge is -2.23. The summed E-state index contributed by atoms with van der Waals surface area (Å²) in [5, 5.41) is 10.2. The van der Waals surface area contributed by atoms with Crippen LogP contribution >= 0.6 is 0 Å². The fourth-order valence-electron chi connectivity index (χ4n) is 4.94. The fraction of sp³-hybridized carbons (Fsp3) is 0.286. The molecule has 0 heterocycles. The molecule has 0 amide bonds. The molecular weight excluding hydrogens is 516 g/mol. The van der Waals surface area contributed by atoms with Crippen molar-refractivity contribution in [3.8, 4) is 17.2 Å². The van der Waals surface area contributed by atoms with Crippen LogP contribution in [-0.2, 0) is 29.2 Å². The SMILES string of the molecule is COc1ccc([C@@H](COCc2ccccc2)C[C@H](Cc2ccc(OCc3ccccc3)c(OC)c2)C(=O)O)cc1C. The number of aliphatic carboxylic acids is 1. The van der Waals surface area contributed by atoms with Gasteiger partial charge >= 0.3 is 5.97 Å². The Morgan fingerprint density at radius 3 is 1.98 bits per heavy atom. The smallest absolute Gasteiger partial charge is 0.306 e. The summed E-state index contributed by atoms with van der Waals surface area (Å²) in [7, 11) is 3.24. The molecular formula is C35H38O6. The van der Waals surface area contributed by atoms with Crippen molar-refractivity contribution in [2.24, 2.45) is 5.92 Å². The molecule has 0 fully saturated rings. The van der Waals surface area contributed by atoms with Crippen molar-refractivity contribution in [3.63, 3.8) is 0 Å². The van der Waals surface area contributed by atoms with Gasteiger partial charge < -0.3 is 24.1 Å². The predicted octanol–water partition coefficient (Wildman–Crippen LogP) is 7.23. The van der Waals surface area contributed by atoms with Gasteiger partial charge in [-0.3, -0.25) is 4.79 Å². The van der Waals surface area contributed by atoms with E-state index in [0.29, 0.717) is 44.2 Å². The number of rotatable bonds is 15. The van der Waals surface area contributed by atoms with Crippen LogP contribution in [0.15, 0.2) is 97.1 Å². The summed E-state index contributed by atoms with van der Waals surface area (Å²) in [6, 6.07) is 31.5. The number of carboxylic acids is 1. The number of carbonyl (C=O) groups is 1. The highest BCUT2D eigenvalue weighted by atomic mass is 16.5. The van der Waals surface area contributed by atoms with Gasteiger partial charge in [0.25, 0.3) is 0 Å². The summed E-state index contributed by atoms with van der Waals surface area (Å²) in [5.41, 5.74) is 5.04. The number of benzene rings is 4. The zero-order valence-corrected chi connectivity index (χ0v) is 23.9. The van der Waals surface area contributed by atoms with Crippen molar-refractivity contribution in [1.29, 1.82) is 0 Å². The van der Waals surface area contributed by atoms with Gasteiger partial charge in [-0.25, -0.2) is 0 Å². The van der Waals surface area contributed by atoms with Crippen LogP contribution in [0.2, 0.25) is 0 Å². The first-order chi connectivity index (χ1) is 20.0. The third-order valence-corrected chi connectivity index (χ3v) is 7.19. The second-order valence-corrected chi connectivity index (χ2v) is 10.2. The third kappa shape index (κ3) is 8.60. The Morgan fingerprint density at radius 2 is 1.37 bits per heavy atom. The van der Waals surface area contributed by atoms with E-state index in [2.05, 4.69) is 6.07 Å². The Labute approximate surface area is 242 Å². The summed E-state index contributed by atoms with van der Waals surface area (Å²) in [6.07, 6.45) is 0.777. The average molecular weight is 555 g/mol. The molecule has 6 nitrogen and oxygen atoms in total. The van der Waals surface area contributed by atoms with Crippen molar-refractivity contribution in [2.45, 2.75) is 38.9 Å². The summed E-state index contributed by atoms with van der Waals surface area (Å²) < 4.78 is 23.1. The summed E-state index contributed by atoms with van der Waals surface area (Å²) in [4.78, 5) is 12.5. The molecule has 0 saturated carbocycles. The molecule has 214 valence electrons. The van der Waals surface area contributed by atoms with Crippen LogP contribution in [0.5, 0.6) is 17.2 Å². The van der Waals surface area contributed by atoms with E-state index in [1.54, 1.807) is 14.2 Å². The highest BCUT2D eigenvalue weighted by molar-refractivity contribution is 5.70. The molecule has 0 bridgehead atoms. The Kier molecular flexibility index (Phi) is 10.8. The summed E-state index contributed by atoms with van der Waals surface area (Å²) in [5.74, 6) is 0.424. The summed E-state index contributed by atoms with van der Waals surface area (Å²) >= 11 is 0. The van der Waals surface area contributed by atoms with Gasteiger partial charge in [-0.15, -0.1) is 0 Å². The van der Waals surface area contributed by atoms with Crippen molar-refractivity contribution >= 4 is 5.97 Å². The largest absolute Gasteiger partial charge is 0.496 e. The standard InChI is InChI=1S/C35H38O6/c1-25-18-29(15-17-32(25)38-2)31(24-40-22-26-10-6-4-7-11-26)21-30(35(36)37)19-28-14-16-33(34(20-28)39-3)41-23-27-12-8-5-9-13-27/h4-18,20,30-31H,19,21-24H2,1-3H3,(H,36,37)/t30-,31+/m0/s1. The molecule has 4 aromatic rings. The van der Waals surface area contributed by atoms with Crippen LogP contribution in [0.4, 0.5) is 0 Å². The second kappa shape index (κ2) is 14.9. The van der Waals surface area contributed by atoms with E-state index in [1.165, 1.54) is 0 Å². The first kappa shape index (κ1) is 29.7. The predicted molar refractivity (Wildman–Crippen MR) is 160 cm³/mol. The van der Waals surface area contributed by atoms with Crippen molar-refractivity contribution in [3.05, 3.63) is 125 Å². The molecule has 4 aromatic carbocycles. The highest BCUT2D eigenvalue weighted by Gasteiger charge is 2.25. The number of ether oxygens (including phenoxy) is 4. The van der Waals surface area contributed by atoms with E-state index in [-0.39, 0.29) is 5.92 Å². The first-order valence-corrected chi connectivity index (χ1v) is 13.8. The van der Waals surface area contributed by atoms with Gasteiger partial charge in [-0.2, -0.15) is 0 Å². The Balaban J connectivity index is 1.49. The molecule has 0 radical (unpaired) electrons. The topological polar surface area (TPSA) is 74.2 Å². The van der Waals surface area contributed by atoms with Crippen molar-refractivity contribution in [1.82, 2.24) is 0 Å². The van der Waals surface area contributed by atoms with Gasteiger partial charge in [0.05, 0.1) is 33.4 Å². The van der Waals surface area contributed by atoms with Gasteiger partial charge in [0, 0.05) is 5.92 Å². The number of methoxy groups -OCH3 is 2.